The maximum atomic E-state index is 13.0. The number of nitrogens with two attached hydrogens (primary N) is 1. The second-order valence-electron chi connectivity index (χ2n) is 4.15. The lowest BCUT2D eigenvalue weighted by atomic mass is 10.2. The van der Waals surface area contributed by atoms with Gasteiger partial charge in [-0.05, 0) is 42.5 Å². The summed E-state index contributed by atoms with van der Waals surface area (Å²) in [6.45, 7) is -0.0189. The summed E-state index contributed by atoms with van der Waals surface area (Å²) < 4.78 is 55.4. The summed E-state index contributed by atoms with van der Waals surface area (Å²) in [7, 11) is 0. The van der Waals surface area contributed by atoms with E-state index in [0.29, 0.717) is 11.3 Å². The van der Waals surface area contributed by atoms with Crippen molar-refractivity contribution in [1.29, 1.82) is 0 Å². The lowest BCUT2D eigenvalue weighted by Gasteiger charge is -2.10. The van der Waals surface area contributed by atoms with Crippen LogP contribution in [0, 0.1) is 5.82 Å². The highest BCUT2D eigenvalue weighted by molar-refractivity contribution is 5.46. The SMILES string of the molecule is Nc1ccc(F)cc1COc1ccc(C(F)(F)F)cc1. The van der Waals surface area contributed by atoms with Crippen LogP contribution in [0.3, 0.4) is 0 Å². The van der Waals surface area contributed by atoms with Crippen LogP contribution in [0.4, 0.5) is 23.2 Å². The summed E-state index contributed by atoms with van der Waals surface area (Å²) in [6, 6.07) is 8.10. The lowest BCUT2D eigenvalue weighted by molar-refractivity contribution is -0.137. The molecule has 0 amide bonds. The van der Waals surface area contributed by atoms with Crippen LogP contribution >= 0.6 is 0 Å². The molecule has 0 saturated heterocycles. The number of hydrogen-bond donors (Lipinski definition) is 1. The Labute approximate surface area is 112 Å². The normalized spacial score (nSPS) is 11.4. The maximum Gasteiger partial charge on any atom is 0.416 e. The van der Waals surface area contributed by atoms with Gasteiger partial charge in [0.05, 0.1) is 5.56 Å². The highest BCUT2D eigenvalue weighted by atomic mass is 19.4. The average molecular weight is 285 g/mol. The number of benzene rings is 2. The molecule has 2 aromatic carbocycles. The molecule has 0 aliphatic rings. The Bertz CT molecular complexity index is 593. The van der Waals surface area contributed by atoms with E-state index in [-0.39, 0.29) is 12.4 Å². The van der Waals surface area contributed by atoms with Crippen LogP contribution in [0.5, 0.6) is 5.75 Å². The van der Waals surface area contributed by atoms with Crippen molar-refractivity contribution < 1.29 is 22.3 Å². The third-order valence-corrected chi connectivity index (χ3v) is 2.68. The van der Waals surface area contributed by atoms with Gasteiger partial charge in [-0.2, -0.15) is 13.2 Å². The zero-order chi connectivity index (χ0) is 14.8. The minimum atomic E-state index is -4.38. The van der Waals surface area contributed by atoms with Gasteiger partial charge in [0, 0.05) is 11.3 Å². The van der Waals surface area contributed by atoms with E-state index in [4.69, 9.17) is 10.5 Å². The van der Waals surface area contributed by atoms with Crippen LogP contribution in [-0.4, -0.2) is 0 Å². The van der Waals surface area contributed by atoms with E-state index >= 15 is 0 Å². The highest BCUT2D eigenvalue weighted by Crippen LogP contribution is 2.30. The summed E-state index contributed by atoms with van der Waals surface area (Å²) in [5.41, 5.74) is 5.68. The maximum absolute atomic E-state index is 13.0. The molecule has 0 saturated carbocycles. The molecule has 0 bridgehead atoms. The predicted molar refractivity (Wildman–Crippen MR) is 66.6 cm³/mol. The molecule has 0 aromatic heterocycles. The van der Waals surface area contributed by atoms with E-state index in [1.165, 1.54) is 30.3 Å². The number of hydrogen-bond acceptors (Lipinski definition) is 2. The van der Waals surface area contributed by atoms with Crippen LogP contribution in [0.15, 0.2) is 42.5 Å². The molecule has 0 unspecified atom stereocenters. The van der Waals surface area contributed by atoms with Gasteiger partial charge in [0.15, 0.2) is 0 Å². The largest absolute Gasteiger partial charge is 0.489 e. The number of rotatable bonds is 3. The van der Waals surface area contributed by atoms with Crippen LogP contribution in [0.2, 0.25) is 0 Å². The molecule has 0 spiro atoms. The Morgan fingerprint density at radius 3 is 2.25 bits per heavy atom. The smallest absolute Gasteiger partial charge is 0.416 e. The van der Waals surface area contributed by atoms with Gasteiger partial charge in [0.25, 0.3) is 0 Å². The summed E-state index contributed by atoms with van der Waals surface area (Å²) in [4.78, 5) is 0. The van der Waals surface area contributed by atoms with E-state index in [1.807, 2.05) is 0 Å². The number of alkyl halides is 3. The van der Waals surface area contributed by atoms with Gasteiger partial charge in [-0.3, -0.25) is 0 Å². The Hall–Kier alpha value is -2.24. The van der Waals surface area contributed by atoms with E-state index in [9.17, 15) is 17.6 Å². The monoisotopic (exact) mass is 285 g/mol. The first-order chi connectivity index (χ1) is 9.36. The van der Waals surface area contributed by atoms with Crippen molar-refractivity contribution in [3.8, 4) is 5.75 Å². The van der Waals surface area contributed by atoms with Crippen molar-refractivity contribution in [2.45, 2.75) is 12.8 Å². The van der Waals surface area contributed by atoms with Crippen LogP contribution in [0.1, 0.15) is 11.1 Å². The molecule has 6 heteroatoms. The highest BCUT2D eigenvalue weighted by Gasteiger charge is 2.29. The Balaban J connectivity index is 2.06. The summed E-state index contributed by atoms with van der Waals surface area (Å²) >= 11 is 0. The number of nitrogen functional groups attached to an aromatic ring is 1. The van der Waals surface area contributed by atoms with Crippen LogP contribution in [0.25, 0.3) is 0 Å². The fourth-order valence-corrected chi connectivity index (χ4v) is 1.60. The summed E-state index contributed by atoms with van der Waals surface area (Å²) in [5.74, 6) is -0.202. The lowest BCUT2D eigenvalue weighted by Crippen LogP contribution is -2.05. The Morgan fingerprint density at radius 2 is 1.65 bits per heavy atom. The molecule has 0 fully saturated rings. The topological polar surface area (TPSA) is 35.2 Å². The van der Waals surface area contributed by atoms with E-state index in [2.05, 4.69) is 0 Å². The zero-order valence-electron chi connectivity index (χ0n) is 10.2. The standard InChI is InChI=1S/C14H11F4NO/c15-11-3-6-13(19)9(7-11)8-20-12-4-1-10(2-5-12)14(16,17)18/h1-7H,8,19H2. The van der Waals surface area contributed by atoms with Gasteiger partial charge >= 0.3 is 6.18 Å². The third-order valence-electron chi connectivity index (χ3n) is 2.68. The van der Waals surface area contributed by atoms with Gasteiger partial charge in [0.1, 0.15) is 18.2 Å². The molecular weight excluding hydrogens is 274 g/mol. The minimum absolute atomic E-state index is 0.0189. The Morgan fingerprint density at radius 1 is 1.00 bits per heavy atom. The quantitative estimate of drug-likeness (QED) is 0.683. The zero-order valence-corrected chi connectivity index (χ0v) is 10.2. The molecule has 2 rings (SSSR count). The molecule has 106 valence electrons. The first kappa shape index (κ1) is 14.2. The number of anilines is 1. The molecule has 0 radical (unpaired) electrons. The van der Waals surface area contributed by atoms with Gasteiger partial charge in [0.2, 0.25) is 0 Å². The molecule has 0 heterocycles. The van der Waals surface area contributed by atoms with Crippen molar-refractivity contribution in [3.63, 3.8) is 0 Å². The third kappa shape index (κ3) is 3.40. The summed E-state index contributed by atoms with van der Waals surface area (Å²) in [6.07, 6.45) is -4.38. The van der Waals surface area contributed by atoms with E-state index in [1.54, 1.807) is 0 Å². The van der Waals surface area contributed by atoms with Crippen molar-refractivity contribution >= 4 is 5.69 Å². The molecule has 2 nitrogen and oxygen atoms in total. The van der Waals surface area contributed by atoms with Crippen molar-refractivity contribution in [3.05, 3.63) is 59.4 Å². The van der Waals surface area contributed by atoms with Crippen LogP contribution < -0.4 is 10.5 Å². The van der Waals surface area contributed by atoms with E-state index < -0.39 is 17.6 Å². The van der Waals surface area contributed by atoms with Gasteiger partial charge in [-0.25, -0.2) is 4.39 Å². The summed E-state index contributed by atoms with van der Waals surface area (Å²) in [5, 5.41) is 0. The number of halogens is 4. The Kier molecular flexibility index (Phi) is 3.83. The second kappa shape index (κ2) is 5.40. The van der Waals surface area contributed by atoms with Gasteiger partial charge in [-0.1, -0.05) is 0 Å². The van der Waals surface area contributed by atoms with Crippen molar-refractivity contribution in [2.24, 2.45) is 0 Å². The van der Waals surface area contributed by atoms with Gasteiger partial charge < -0.3 is 10.5 Å². The molecule has 0 atom stereocenters. The molecule has 0 aliphatic carbocycles. The predicted octanol–water partition coefficient (Wildman–Crippen LogP) is 4.01. The first-order valence-corrected chi connectivity index (χ1v) is 5.70. The van der Waals surface area contributed by atoms with Crippen molar-refractivity contribution in [2.75, 3.05) is 5.73 Å². The van der Waals surface area contributed by atoms with E-state index in [0.717, 1.165) is 12.1 Å². The second-order valence-corrected chi connectivity index (χ2v) is 4.15. The molecular formula is C14H11F4NO. The van der Waals surface area contributed by atoms with Gasteiger partial charge in [-0.15, -0.1) is 0 Å². The first-order valence-electron chi connectivity index (χ1n) is 5.70. The minimum Gasteiger partial charge on any atom is -0.489 e. The average Bonchev–Trinajstić information content (AvgIpc) is 2.39. The molecule has 0 aliphatic heterocycles. The van der Waals surface area contributed by atoms with Crippen LogP contribution in [-0.2, 0) is 12.8 Å². The molecule has 20 heavy (non-hydrogen) atoms. The fraction of sp³-hybridized carbons (Fsp3) is 0.143. The number of ether oxygens (including phenoxy) is 1. The molecule has 2 N–H and O–H groups in total. The fourth-order valence-electron chi connectivity index (χ4n) is 1.60. The van der Waals surface area contributed by atoms with Crippen molar-refractivity contribution in [1.82, 2.24) is 0 Å². The molecule has 2 aromatic rings.